The van der Waals surface area contributed by atoms with Gasteiger partial charge in [0.2, 0.25) is 5.91 Å². The van der Waals surface area contributed by atoms with Gasteiger partial charge in [0.25, 0.3) is 0 Å². The zero-order valence-corrected chi connectivity index (χ0v) is 13.1. The Hall–Kier alpha value is -0.790. The normalized spacial score (nSPS) is 18.9. The van der Waals surface area contributed by atoms with Crippen molar-refractivity contribution in [3.05, 3.63) is 36.7 Å². The van der Waals surface area contributed by atoms with E-state index in [9.17, 15) is 4.79 Å². The maximum absolute atomic E-state index is 12.0. The number of benzene rings is 1. The molecule has 1 aliphatic rings. The van der Waals surface area contributed by atoms with Gasteiger partial charge in [-0.15, -0.1) is 0 Å². The van der Waals surface area contributed by atoms with Crippen molar-refractivity contribution in [2.75, 3.05) is 18.0 Å². The van der Waals surface area contributed by atoms with Crippen LogP contribution in [0.3, 0.4) is 0 Å². The highest BCUT2D eigenvalue weighted by molar-refractivity contribution is 14.1. The monoisotopic (exact) mass is 420 g/mol. The van der Waals surface area contributed by atoms with Crippen molar-refractivity contribution in [1.29, 1.82) is 0 Å². The first-order valence-corrected chi connectivity index (χ1v) is 7.25. The second-order valence-electron chi connectivity index (χ2n) is 4.08. The molecule has 1 aromatic rings. The summed E-state index contributed by atoms with van der Waals surface area (Å²) in [6.07, 6.45) is 0.446. The lowest BCUT2D eigenvalue weighted by Crippen LogP contribution is -2.25. The van der Waals surface area contributed by atoms with Crippen molar-refractivity contribution in [3.8, 4) is 0 Å². The van der Waals surface area contributed by atoms with Gasteiger partial charge in [-0.2, -0.15) is 0 Å². The summed E-state index contributed by atoms with van der Waals surface area (Å²) < 4.78 is 1.98. The molecule has 1 heterocycles. The van der Waals surface area contributed by atoms with Crippen LogP contribution in [-0.2, 0) is 4.79 Å². The Kier molecular flexibility index (Phi) is 4.47. The highest BCUT2D eigenvalue weighted by Gasteiger charge is 2.31. The van der Waals surface area contributed by atoms with E-state index < -0.39 is 0 Å². The molecule has 1 unspecified atom stereocenters. The molecule has 0 bridgehead atoms. The molecule has 1 saturated heterocycles. The van der Waals surface area contributed by atoms with Gasteiger partial charge in [0, 0.05) is 32.5 Å². The number of nitrogens with zero attached hydrogens (tertiary/aromatic N) is 4. The van der Waals surface area contributed by atoms with E-state index in [0.717, 1.165) is 13.7 Å². The summed E-state index contributed by atoms with van der Waals surface area (Å²) in [6.45, 7) is 0.994. The second kappa shape index (κ2) is 5.90. The number of carbonyl (C=O) groups is 1. The molecule has 0 aliphatic carbocycles. The van der Waals surface area contributed by atoms with E-state index in [1.165, 1.54) is 0 Å². The Morgan fingerprint density at radius 3 is 3.11 bits per heavy atom. The molecule has 0 spiro atoms. The summed E-state index contributed by atoms with van der Waals surface area (Å²) in [4.78, 5) is 16.5. The number of carbonyl (C=O) groups excluding carboxylic acids is 1. The Balaban J connectivity index is 2.21. The molecule has 94 valence electrons. The third-order valence-corrected chi connectivity index (χ3v) is 4.21. The molecule has 1 amide bonds. The number of azide groups is 1. The van der Waals surface area contributed by atoms with Crippen LogP contribution in [0.2, 0.25) is 0 Å². The molecule has 1 atom stereocenters. The summed E-state index contributed by atoms with van der Waals surface area (Å²) in [7, 11) is 0. The predicted octanol–water partition coefficient (Wildman–Crippen LogP) is 3.72. The lowest BCUT2D eigenvalue weighted by atomic mass is 10.1. The molecule has 7 heteroatoms. The predicted molar refractivity (Wildman–Crippen MR) is 81.3 cm³/mol. The minimum Gasteiger partial charge on any atom is -0.311 e. The molecule has 1 aliphatic heterocycles. The number of anilines is 1. The maximum Gasteiger partial charge on any atom is 0.227 e. The van der Waals surface area contributed by atoms with Gasteiger partial charge >= 0.3 is 0 Å². The van der Waals surface area contributed by atoms with Crippen LogP contribution in [0.4, 0.5) is 5.69 Å². The van der Waals surface area contributed by atoms with E-state index in [0.29, 0.717) is 19.5 Å². The molecule has 1 aromatic carbocycles. The van der Waals surface area contributed by atoms with E-state index in [1.54, 1.807) is 4.90 Å². The first-order chi connectivity index (χ1) is 8.61. The van der Waals surface area contributed by atoms with Crippen LogP contribution in [0, 0.1) is 9.49 Å². The van der Waals surface area contributed by atoms with Crippen LogP contribution in [-0.4, -0.2) is 19.0 Å². The number of amides is 1. The van der Waals surface area contributed by atoms with Crippen LogP contribution >= 0.6 is 38.5 Å². The van der Waals surface area contributed by atoms with Crippen LogP contribution in [0.1, 0.15) is 6.42 Å². The highest BCUT2D eigenvalue weighted by Crippen LogP contribution is 2.31. The van der Waals surface area contributed by atoms with E-state index in [2.05, 4.69) is 48.5 Å². The van der Waals surface area contributed by atoms with E-state index in [4.69, 9.17) is 5.53 Å². The van der Waals surface area contributed by atoms with Crippen molar-refractivity contribution in [3.63, 3.8) is 0 Å². The van der Waals surface area contributed by atoms with Crippen molar-refractivity contribution in [1.82, 2.24) is 0 Å². The molecule has 2 rings (SSSR count). The van der Waals surface area contributed by atoms with Crippen molar-refractivity contribution < 1.29 is 4.79 Å². The largest absolute Gasteiger partial charge is 0.311 e. The van der Waals surface area contributed by atoms with Gasteiger partial charge < -0.3 is 4.90 Å². The summed E-state index contributed by atoms with van der Waals surface area (Å²) >= 11 is 5.63. The number of hydrogen-bond acceptors (Lipinski definition) is 2. The third kappa shape index (κ3) is 2.96. The molecule has 0 aromatic heterocycles. The maximum atomic E-state index is 12.0. The standard InChI is InChI=1S/C11H10BrIN4O/c12-8-1-2-9(13)10(4-8)17-6-7(3-11(17)18)5-15-16-14/h1-2,4,7H,3,5-6H2. The van der Waals surface area contributed by atoms with Crippen molar-refractivity contribution in [2.24, 2.45) is 11.0 Å². The zero-order valence-electron chi connectivity index (χ0n) is 9.38. The Morgan fingerprint density at radius 2 is 2.39 bits per heavy atom. The minimum atomic E-state index is 0.0872. The topological polar surface area (TPSA) is 69.1 Å². The summed E-state index contributed by atoms with van der Waals surface area (Å²) in [6, 6.07) is 5.85. The summed E-state index contributed by atoms with van der Waals surface area (Å²) in [5.41, 5.74) is 9.22. The zero-order chi connectivity index (χ0) is 13.1. The Labute approximate surface area is 126 Å². The van der Waals surface area contributed by atoms with Gasteiger partial charge in [0.1, 0.15) is 0 Å². The highest BCUT2D eigenvalue weighted by atomic mass is 127. The van der Waals surface area contributed by atoms with Crippen molar-refractivity contribution in [2.45, 2.75) is 6.42 Å². The average molecular weight is 421 g/mol. The fraction of sp³-hybridized carbons (Fsp3) is 0.364. The fourth-order valence-electron chi connectivity index (χ4n) is 1.98. The van der Waals surface area contributed by atoms with Gasteiger partial charge in [-0.1, -0.05) is 21.0 Å². The molecular weight excluding hydrogens is 411 g/mol. The van der Waals surface area contributed by atoms with Crippen molar-refractivity contribution >= 4 is 50.1 Å². The van der Waals surface area contributed by atoms with Gasteiger partial charge in [-0.3, -0.25) is 4.79 Å². The first-order valence-electron chi connectivity index (χ1n) is 5.38. The van der Waals surface area contributed by atoms with Gasteiger partial charge in [0.15, 0.2) is 0 Å². The molecule has 1 fully saturated rings. The second-order valence-corrected chi connectivity index (χ2v) is 6.16. The average Bonchev–Trinajstić information content (AvgIpc) is 2.71. The minimum absolute atomic E-state index is 0.0872. The van der Waals surface area contributed by atoms with Crippen LogP contribution in [0.25, 0.3) is 10.4 Å². The smallest absolute Gasteiger partial charge is 0.227 e. The SMILES string of the molecule is [N-]=[N+]=NCC1CC(=O)N(c2cc(Br)ccc2I)C1. The number of halogens is 2. The Bertz CT molecular complexity index is 530. The lowest BCUT2D eigenvalue weighted by Gasteiger charge is -2.18. The molecule has 0 radical (unpaired) electrons. The number of hydrogen-bond donors (Lipinski definition) is 0. The molecule has 18 heavy (non-hydrogen) atoms. The van der Waals surface area contributed by atoms with Gasteiger partial charge in [-0.25, -0.2) is 0 Å². The first kappa shape index (κ1) is 13.6. The van der Waals surface area contributed by atoms with Crippen LogP contribution in [0.15, 0.2) is 27.8 Å². The van der Waals surface area contributed by atoms with E-state index >= 15 is 0 Å². The summed E-state index contributed by atoms with van der Waals surface area (Å²) in [5.74, 6) is 0.201. The van der Waals surface area contributed by atoms with E-state index in [1.807, 2.05) is 18.2 Å². The van der Waals surface area contributed by atoms with E-state index in [-0.39, 0.29) is 11.8 Å². The van der Waals surface area contributed by atoms with Gasteiger partial charge in [0.05, 0.1) is 5.69 Å². The molecule has 0 N–H and O–H groups in total. The number of rotatable bonds is 3. The fourth-order valence-corrected chi connectivity index (χ4v) is 2.96. The Morgan fingerprint density at radius 1 is 1.61 bits per heavy atom. The van der Waals surface area contributed by atoms with Crippen LogP contribution in [0.5, 0.6) is 0 Å². The summed E-state index contributed by atoms with van der Waals surface area (Å²) in [5, 5.41) is 3.55. The molecule has 5 nitrogen and oxygen atoms in total. The lowest BCUT2D eigenvalue weighted by molar-refractivity contribution is -0.117. The third-order valence-electron chi connectivity index (χ3n) is 2.81. The van der Waals surface area contributed by atoms with Crippen LogP contribution < -0.4 is 4.90 Å². The molecule has 0 saturated carbocycles. The molecular formula is C11H10BrIN4O. The quantitative estimate of drug-likeness (QED) is 0.318. The van der Waals surface area contributed by atoms with Gasteiger partial charge in [-0.05, 0) is 52.2 Å².